The molecule has 1 atom stereocenters. The van der Waals surface area contributed by atoms with Crippen LogP contribution in [0.15, 0.2) is 42.7 Å². The van der Waals surface area contributed by atoms with Gasteiger partial charge in [-0.1, -0.05) is 0 Å². The van der Waals surface area contributed by atoms with E-state index in [0.29, 0.717) is 13.1 Å². The van der Waals surface area contributed by atoms with E-state index >= 15 is 0 Å². The summed E-state index contributed by atoms with van der Waals surface area (Å²) >= 11 is 0. The highest BCUT2D eigenvalue weighted by molar-refractivity contribution is 6.00. The predicted octanol–water partition coefficient (Wildman–Crippen LogP) is 2.06. The Morgan fingerprint density at radius 1 is 1.07 bits per heavy atom. The number of amides is 2. The lowest BCUT2D eigenvalue weighted by atomic mass is 10.1. The van der Waals surface area contributed by atoms with Crippen LogP contribution in [0.1, 0.15) is 12.0 Å². The summed E-state index contributed by atoms with van der Waals surface area (Å²) in [7, 11) is 0. The third-order valence-electron chi connectivity index (χ3n) is 5.51. The Bertz CT molecular complexity index is 901. The number of aromatic nitrogens is 1. The molecule has 1 aromatic carbocycles. The van der Waals surface area contributed by atoms with Crippen molar-refractivity contribution in [2.75, 3.05) is 37.6 Å². The SMILES string of the molecule is O=C(C1CC(=O)N(c2ccc(F)cc2F)C1)N1CCN(Cc2ccncc2)CC1. The van der Waals surface area contributed by atoms with Crippen molar-refractivity contribution in [1.82, 2.24) is 14.8 Å². The number of hydrogen-bond donors (Lipinski definition) is 0. The van der Waals surface area contributed by atoms with Crippen molar-refractivity contribution in [2.24, 2.45) is 5.92 Å². The molecule has 152 valence electrons. The maximum atomic E-state index is 14.0. The minimum absolute atomic E-state index is 0.0221. The first-order chi connectivity index (χ1) is 14.0. The van der Waals surface area contributed by atoms with Gasteiger partial charge in [-0.25, -0.2) is 8.78 Å². The van der Waals surface area contributed by atoms with E-state index in [9.17, 15) is 18.4 Å². The molecule has 2 aliphatic heterocycles. The molecule has 2 fully saturated rings. The lowest BCUT2D eigenvalue weighted by Gasteiger charge is -2.35. The van der Waals surface area contributed by atoms with E-state index in [4.69, 9.17) is 0 Å². The molecule has 1 unspecified atom stereocenters. The van der Waals surface area contributed by atoms with Crippen LogP contribution in [-0.4, -0.2) is 59.3 Å². The molecule has 2 amide bonds. The maximum Gasteiger partial charge on any atom is 0.228 e. The second-order valence-electron chi connectivity index (χ2n) is 7.46. The Balaban J connectivity index is 1.34. The molecule has 0 radical (unpaired) electrons. The molecule has 6 nitrogen and oxygen atoms in total. The van der Waals surface area contributed by atoms with Crippen LogP contribution < -0.4 is 4.90 Å². The smallest absolute Gasteiger partial charge is 0.228 e. The average molecular weight is 400 g/mol. The molecule has 2 saturated heterocycles. The highest BCUT2D eigenvalue weighted by atomic mass is 19.1. The third kappa shape index (κ3) is 4.27. The number of carbonyl (C=O) groups is 2. The zero-order chi connectivity index (χ0) is 20.4. The van der Waals surface area contributed by atoms with Gasteiger partial charge in [0.2, 0.25) is 11.8 Å². The Morgan fingerprint density at radius 2 is 1.79 bits per heavy atom. The molecular weight excluding hydrogens is 378 g/mol. The first kappa shape index (κ1) is 19.4. The number of nitrogens with zero attached hydrogens (tertiary/aromatic N) is 4. The van der Waals surface area contributed by atoms with Gasteiger partial charge in [0, 0.05) is 64.1 Å². The topological polar surface area (TPSA) is 56.8 Å². The molecule has 0 aliphatic carbocycles. The second kappa shape index (κ2) is 8.24. The molecule has 2 aromatic rings. The van der Waals surface area contributed by atoms with E-state index in [1.165, 1.54) is 16.5 Å². The molecule has 0 spiro atoms. The van der Waals surface area contributed by atoms with Gasteiger partial charge >= 0.3 is 0 Å². The summed E-state index contributed by atoms with van der Waals surface area (Å²) in [5.41, 5.74) is 1.20. The first-order valence-electron chi connectivity index (χ1n) is 9.67. The summed E-state index contributed by atoms with van der Waals surface area (Å²) in [4.78, 5) is 34.6. The fourth-order valence-electron chi connectivity index (χ4n) is 3.94. The standard InChI is InChI=1S/C21H22F2N4O2/c22-17-1-2-19(18(23)12-17)27-14-16(11-20(27)28)21(29)26-9-7-25(8-10-26)13-15-3-5-24-6-4-15/h1-6,12,16H,7-11,13-14H2. The molecule has 0 N–H and O–H groups in total. The summed E-state index contributed by atoms with van der Waals surface area (Å²) < 4.78 is 27.2. The van der Waals surface area contributed by atoms with Crippen LogP contribution in [0.25, 0.3) is 0 Å². The summed E-state index contributed by atoms with van der Waals surface area (Å²) in [6, 6.07) is 7.06. The predicted molar refractivity (Wildman–Crippen MR) is 103 cm³/mol. The fourth-order valence-corrected chi connectivity index (χ4v) is 3.94. The molecule has 0 saturated carbocycles. The van der Waals surface area contributed by atoms with Gasteiger partial charge in [-0.3, -0.25) is 19.5 Å². The third-order valence-corrected chi connectivity index (χ3v) is 5.51. The van der Waals surface area contributed by atoms with Gasteiger partial charge in [-0.2, -0.15) is 0 Å². The quantitative estimate of drug-likeness (QED) is 0.789. The van der Waals surface area contributed by atoms with E-state index in [2.05, 4.69) is 9.88 Å². The van der Waals surface area contributed by atoms with E-state index in [0.717, 1.165) is 31.8 Å². The molecule has 8 heteroatoms. The number of anilines is 1. The van der Waals surface area contributed by atoms with Crippen molar-refractivity contribution in [3.63, 3.8) is 0 Å². The summed E-state index contributed by atoms with van der Waals surface area (Å²) in [5.74, 6) is -2.39. The van der Waals surface area contributed by atoms with Gasteiger partial charge in [0.1, 0.15) is 11.6 Å². The molecular formula is C21H22F2N4O2. The van der Waals surface area contributed by atoms with Crippen LogP contribution >= 0.6 is 0 Å². The Kier molecular flexibility index (Phi) is 5.53. The van der Waals surface area contributed by atoms with Crippen molar-refractivity contribution >= 4 is 17.5 Å². The summed E-state index contributed by atoms with van der Waals surface area (Å²) in [6.45, 7) is 3.64. The summed E-state index contributed by atoms with van der Waals surface area (Å²) in [5, 5.41) is 0. The van der Waals surface area contributed by atoms with Gasteiger partial charge in [-0.05, 0) is 29.8 Å². The molecule has 3 heterocycles. The molecule has 1 aromatic heterocycles. The van der Waals surface area contributed by atoms with Crippen molar-refractivity contribution in [1.29, 1.82) is 0 Å². The van der Waals surface area contributed by atoms with Gasteiger partial charge in [-0.15, -0.1) is 0 Å². The number of pyridine rings is 1. The first-order valence-corrected chi connectivity index (χ1v) is 9.67. The Morgan fingerprint density at radius 3 is 2.48 bits per heavy atom. The average Bonchev–Trinajstić information content (AvgIpc) is 3.10. The van der Waals surface area contributed by atoms with Gasteiger partial charge in [0.05, 0.1) is 11.6 Å². The van der Waals surface area contributed by atoms with Crippen LogP contribution in [0.4, 0.5) is 14.5 Å². The van der Waals surface area contributed by atoms with Gasteiger partial charge in [0.15, 0.2) is 0 Å². The number of piperazine rings is 1. The number of rotatable bonds is 4. The number of benzene rings is 1. The zero-order valence-corrected chi connectivity index (χ0v) is 15.9. The highest BCUT2D eigenvalue weighted by Gasteiger charge is 2.38. The highest BCUT2D eigenvalue weighted by Crippen LogP contribution is 2.29. The monoisotopic (exact) mass is 400 g/mol. The van der Waals surface area contributed by atoms with E-state index in [-0.39, 0.29) is 30.5 Å². The van der Waals surface area contributed by atoms with Crippen molar-refractivity contribution in [3.05, 3.63) is 59.9 Å². The van der Waals surface area contributed by atoms with Crippen molar-refractivity contribution in [3.8, 4) is 0 Å². The Labute approximate surface area is 167 Å². The largest absolute Gasteiger partial charge is 0.340 e. The molecule has 0 bridgehead atoms. The zero-order valence-electron chi connectivity index (χ0n) is 15.9. The van der Waals surface area contributed by atoms with E-state index in [1.54, 1.807) is 17.3 Å². The minimum atomic E-state index is -0.795. The van der Waals surface area contributed by atoms with Crippen molar-refractivity contribution in [2.45, 2.75) is 13.0 Å². The molecule has 29 heavy (non-hydrogen) atoms. The summed E-state index contributed by atoms with van der Waals surface area (Å²) in [6.07, 6.45) is 3.58. The number of hydrogen-bond acceptors (Lipinski definition) is 4. The van der Waals surface area contributed by atoms with Crippen molar-refractivity contribution < 1.29 is 18.4 Å². The minimum Gasteiger partial charge on any atom is -0.340 e. The van der Waals surface area contributed by atoms with Crippen LogP contribution in [0.5, 0.6) is 0 Å². The van der Waals surface area contributed by atoms with Gasteiger partial charge in [0.25, 0.3) is 0 Å². The number of carbonyl (C=O) groups excluding carboxylic acids is 2. The van der Waals surface area contributed by atoms with E-state index in [1.807, 2.05) is 12.1 Å². The number of halogens is 2. The van der Waals surface area contributed by atoms with Crippen LogP contribution in [0, 0.1) is 17.6 Å². The molecule has 2 aliphatic rings. The lowest BCUT2D eigenvalue weighted by molar-refractivity contribution is -0.137. The second-order valence-corrected chi connectivity index (χ2v) is 7.46. The molecule has 4 rings (SSSR count). The Hall–Kier alpha value is -2.87. The van der Waals surface area contributed by atoms with Crippen LogP contribution in [0.2, 0.25) is 0 Å². The lowest BCUT2D eigenvalue weighted by Crippen LogP contribution is -2.50. The maximum absolute atomic E-state index is 14.0. The van der Waals surface area contributed by atoms with E-state index < -0.39 is 17.6 Å². The van der Waals surface area contributed by atoms with Crippen LogP contribution in [-0.2, 0) is 16.1 Å². The fraction of sp³-hybridized carbons (Fsp3) is 0.381. The van der Waals surface area contributed by atoms with Gasteiger partial charge < -0.3 is 9.80 Å². The normalized spacial score (nSPS) is 20.3. The van der Waals surface area contributed by atoms with Crippen LogP contribution in [0.3, 0.4) is 0 Å².